The fraction of sp³-hybridized carbons (Fsp3) is 0.579. The highest BCUT2D eigenvalue weighted by Crippen LogP contribution is 2.21. The molecular weight excluding hydrogens is 290 g/mol. The summed E-state index contributed by atoms with van der Waals surface area (Å²) in [6.45, 7) is 9.84. The van der Waals surface area contributed by atoms with Crippen molar-refractivity contribution in [2.45, 2.75) is 40.0 Å². The van der Waals surface area contributed by atoms with Gasteiger partial charge in [0, 0.05) is 13.1 Å². The number of hydrogen-bond donors (Lipinski definition) is 0. The molecule has 2 atom stereocenters. The number of carbonyl (C=O) groups is 2. The van der Waals surface area contributed by atoms with E-state index in [0.29, 0.717) is 23.3 Å². The van der Waals surface area contributed by atoms with E-state index in [4.69, 9.17) is 4.74 Å². The van der Waals surface area contributed by atoms with E-state index in [0.717, 1.165) is 19.5 Å². The number of hydrogen-bond acceptors (Lipinski definition) is 3. The summed E-state index contributed by atoms with van der Waals surface area (Å²) in [5.74, 6) is 0.885. The maximum absolute atomic E-state index is 12.2. The van der Waals surface area contributed by atoms with Gasteiger partial charge in [0.2, 0.25) is 0 Å². The van der Waals surface area contributed by atoms with E-state index >= 15 is 0 Å². The molecule has 1 heterocycles. The zero-order valence-corrected chi connectivity index (χ0v) is 14.5. The Kier molecular flexibility index (Phi) is 5.80. The maximum Gasteiger partial charge on any atom is 0.338 e. The minimum Gasteiger partial charge on any atom is -0.452 e. The Morgan fingerprint density at radius 1 is 1.13 bits per heavy atom. The SMILES string of the molecule is CC1CC(C)CN(C(=O)COC(=O)c2ccc(C(C)C)cc2)C1. The summed E-state index contributed by atoms with van der Waals surface area (Å²) < 4.78 is 5.18. The third-order valence-electron chi connectivity index (χ3n) is 4.36. The van der Waals surface area contributed by atoms with Gasteiger partial charge in [0.15, 0.2) is 6.61 Å². The molecule has 4 heteroatoms. The zero-order valence-electron chi connectivity index (χ0n) is 14.5. The molecule has 1 aromatic rings. The molecule has 1 saturated heterocycles. The molecule has 0 bridgehead atoms. The van der Waals surface area contributed by atoms with Gasteiger partial charge >= 0.3 is 5.97 Å². The number of ether oxygens (including phenoxy) is 1. The largest absolute Gasteiger partial charge is 0.452 e. The van der Waals surface area contributed by atoms with Crippen LogP contribution in [0.25, 0.3) is 0 Å². The van der Waals surface area contributed by atoms with E-state index in [1.165, 1.54) is 5.56 Å². The topological polar surface area (TPSA) is 46.6 Å². The van der Waals surface area contributed by atoms with Gasteiger partial charge in [-0.25, -0.2) is 4.79 Å². The smallest absolute Gasteiger partial charge is 0.338 e. The number of amides is 1. The Balaban J connectivity index is 1.87. The molecule has 0 aliphatic carbocycles. The molecule has 1 aliphatic heterocycles. The number of piperidine rings is 1. The van der Waals surface area contributed by atoms with E-state index < -0.39 is 5.97 Å². The number of carbonyl (C=O) groups excluding carboxylic acids is 2. The number of likely N-dealkylation sites (tertiary alicyclic amines) is 1. The predicted molar refractivity (Wildman–Crippen MR) is 90.3 cm³/mol. The van der Waals surface area contributed by atoms with Crippen molar-refractivity contribution < 1.29 is 14.3 Å². The minimum absolute atomic E-state index is 0.101. The van der Waals surface area contributed by atoms with Crippen LogP contribution in [0.4, 0.5) is 0 Å². The standard InChI is InChI=1S/C19H27NO3/c1-13(2)16-5-7-17(8-6-16)19(22)23-12-18(21)20-10-14(3)9-15(4)11-20/h5-8,13-15H,9-12H2,1-4H3. The number of benzene rings is 1. The van der Waals surface area contributed by atoms with Crippen LogP contribution < -0.4 is 0 Å². The van der Waals surface area contributed by atoms with Crippen LogP contribution >= 0.6 is 0 Å². The highest BCUT2D eigenvalue weighted by molar-refractivity contribution is 5.91. The summed E-state index contributed by atoms with van der Waals surface area (Å²) in [5.41, 5.74) is 1.66. The summed E-state index contributed by atoms with van der Waals surface area (Å²) in [5, 5.41) is 0. The molecule has 1 aromatic carbocycles. The lowest BCUT2D eigenvalue weighted by atomic mass is 9.92. The van der Waals surface area contributed by atoms with Crippen LogP contribution in [-0.2, 0) is 9.53 Å². The second-order valence-electron chi connectivity index (χ2n) is 7.10. The number of nitrogens with zero attached hydrogens (tertiary/aromatic N) is 1. The Morgan fingerprint density at radius 2 is 1.70 bits per heavy atom. The first kappa shape index (κ1) is 17.5. The van der Waals surface area contributed by atoms with Gasteiger partial charge in [0.1, 0.15) is 0 Å². The van der Waals surface area contributed by atoms with Crippen molar-refractivity contribution in [1.29, 1.82) is 0 Å². The normalized spacial score (nSPS) is 21.3. The van der Waals surface area contributed by atoms with Crippen LogP contribution in [0, 0.1) is 11.8 Å². The van der Waals surface area contributed by atoms with Crippen molar-refractivity contribution in [1.82, 2.24) is 4.90 Å². The highest BCUT2D eigenvalue weighted by Gasteiger charge is 2.26. The summed E-state index contributed by atoms with van der Waals surface area (Å²) in [6, 6.07) is 7.37. The first-order valence-corrected chi connectivity index (χ1v) is 8.41. The lowest BCUT2D eigenvalue weighted by Crippen LogP contribution is -2.44. The second kappa shape index (κ2) is 7.62. The molecule has 1 aliphatic rings. The van der Waals surface area contributed by atoms with Crippen LogP contribution in [0.15, 0.2) is 24.3 Å². The van der Waals surface area contributed by atoms with Crippen LogP contribution in [0.5, 0.6) is 0 Å². The number of esters is 1. The second-order valence-corrected chi connectivity index (χ2v) is 7.10. The van der Waals surface area contributed by atoms with Crippen LogP contribution in [0.1, 0.15) is 56.0 Å². The van der Waals surface area contributed by atoms with Crippen molar-refractivity contribution in [3.05, 3.63) is 35.4 Å². The van der Waals surface area contributed by atoms with Crippen molar-refractivity contribution in [3.63, 3.8) is 0 Å². The van der Waals surface area contributed by atoms with Gasteiger partial charge in [-0.2, -0.15) is 0 Å². The van der Waals surface area contributed by atoms with E-state index in [2.05, 4.69) is 27.7 Å². The summed E-state index contributed by atoms with van der Waals surface area (Å²) >= 11 is 0. The summed E-state index contributed by atoms with van der Waals surface area (Å²) in [4.78, 5) is 26.1. The summed E-state index contributed by atoms with van der Waals surface area (Å²) in [7, 11) is 0. The molecule has 1 fully saturated rings. The summed E-state index contributed by atoms with van der Waals surface area (Å²) in [6.07, 6.45) is 1.14. The molecule has 1 amide bonds. The van der Waals surface area contributed by atoms with Gasteiger partial charge in [0.05, 0.1) is 5.56 Å². The molecule has 2 rings (SSSR count). The van der Waals surface area contributed by atoms with Gasteiger partial charge in [-0.1, -0.05) is 39.8 Å². The molecule has 4 nitrogen and oxygen atoms in total. The average molecular weight is 317 g/mol. The van der Waals surface area contributed by atoms with Crippen LogP contribution in [-0.4, -0.2) is 36.5 Å². The average Bonchev–Trinajstić information content (AvgIpc) is 2.51. The molecule has 0 spiro atoms. The lowest BCUT2D eigenvalue weighted by molar-refractivity contribution is -0.137. The van der Waals surface area contributed by atoms with Crippen molar-refractivity contribution in [3.8, 4) is 0 Å². The maximum atomic E-state index is 12.2. The Hall–Kier alpha value is -1.84. The van der Waals surface area contributed by atoms with Crippen LogP contribution in [0.2, 0.25) is 0 Å². The van der Waals surface area contributed by atoms with E-state index in [9.17, 15) is 9.59 Å². The molecular formula is C19H27NO3. The Bertz CT molecular complexity index is 540. The van der Waals surface area contributed by atoms with Crippen molar-refractivity contribution in [2.75, 3.05) is 19.7 Å². The van der Waals surface area contributed by atoms with Crippen LogP contribution in [0.3, 0.4) is 0 Å². The predicted octanol–water partition coefficient (Wildman–Crippen LogP) is 3.47. The number of rotatable bonds is 4. The molecule has 23 heavy (non-hydrogen) atoms. The quantitative estimate of drug-likeness (QED) is 0.799. The van der Waals surface area contributed by atoms with Crippen molar-refractivity contribution in [2.24, 2.45) is 11.8 Å². The molecule has 0 aromatic heterocycles. The first-order chi connectivity index (χ1) is 10.9. The fourth-order valence-electron chi connectivity index (χ4n) is 3.17. The lowest BCUT2D eigenvalue weighted by Gasteiger charge is -2.34. The molecule has 0 saturated carbocycles. The highest BCUT2D eigenvalue weighted by atomic mass is 16.5. The third-order valence-corrected chi connectivity index (χ3v) is 4.36. The van der Waals surface area contributed by atoms with Gasteiger partial charge in [-0.05, 0) is 41.9 Å². The van der Waals surface area contributed by atoms with Gasteiger partial charge in [-0.3, -0.25) is 4.79 Å². The zero-order chi connectivity index (χ0) is 17.0. The molecule has 126 valence electrons. The fourth-order valence-corrected chi connectivity index (χ4v) is 3.17. The minimum atomic E-state index is -0.438. The van der Waals surface area contributed by atoms with Crippen molar-refractivity contribution >= 4 is 11.9 Å². The van der Waals surface area contributed by atoms with Gasteiger partial charge < -0.3 is 9.64 Å². The van der Waals surface area contributed by atoms with Gasteiger partial charge in [0.25, 0.3) is 5.91 Å². The Labute approximate surface area is 138 Å². The van der Waals surface area contributed by atoms with Gasteiger partial charge in [-0.15, -0.1) is 0 Å². The molecule has 0 N–H and O–H groups in total. The third kappa shape index (κ3) is 4.81. The van der Waals surface area contributed by atoms with E-state index in [1.807, 2.05) is 17.0 Å². The Morgan fingerprint density at radius 3 is 2.22 bits per heavy atom. The molecule has 0 radical (unpaired) electrons. The van der Waals surface area contributed by atoms with E-state index in [1.54, 1.807) is 12.1 Å². The van der Waals surface area contributed by atoms with E-state index in [-0.39, 0.29) is 12.5 Å². The monoisotopic (exact) mass is 317 g/mol. The molecule has 2 unspecified atom stereocenters. The first-order valence-electron chi connectivity index (χ1n) is 8.41.